The summed E-state index contributed by atoms with van der Waals surface area (Å²) in [6.07, 6.45) is 0.917. The molecule has 9 heteroatoms. The molecule has 0 spiro atoms. The van der Waals surface area contributed by atoms with Crippen molar-refractivity contribution in [2.24, 2.45) is 0 Å². The van der Waals surface area contributed by atoms with E-state index in [1.54, 1.807) is 14.1 Å². The number of carbonyl (C=O) groups is 1. The van der Waals surface area contributed by atoms with Crippen molar-refractivity contribution < 1.29 is 17.6 Å². The first-order chi connectivity index (χ1) is 9.24. The van der Waals surface area contributed by atoms with Crippen LogP contribution in [0.25, 0.3) is 0 Å². The Hall–Kier alpha value is -1.38. The third-order valence-corrected chi connectivity index (χ3v) is 3.14. The lowest BCUT2D eigenvalue weighted by molar-refractivity contribution is 0.0797. The van der Waals surface area contributed by atoms with Crippen LogP contribution in [-0.4, -0.2) is 52.7 Å². The van der Waals surface area contributed by atoms with Crippen molar-refractivity contribution in [1.82, 2.24) is 10.2 Å². The normalized spacial score (nSPS) is 10.7. The topological polar surface area (TPSA) is 78.5 Å². The molecule has 21 heavy (non-hydrogen) atoms. The van der Waals surface area contributed by atoms with Crippen LogP contribution in [0.3, 0.4) is 0 Å². The molecule has 0 saturated carbocycles. The number of likely N-dealkylation sites (N-methyl/N-ethyl adjacent to an activating group) is 2. The molecule has 0 heterocycles. The third-order valence-electron chi connectivity index (χ3n) is 2.55. The summed E-state index contributed by atoms with van der Waals surface area (Å²) in [5.74, 6) is -1.04. The van der Waals surface area contributed by atoms with Gasteiger partial charge in [0, 0.05) is 25.7 Å². The van der Waals surface area contributed by atoms with Crippen LogP contribution in [0.4, 0.5) is 10.1 Å². The highest BCUT2D eigenvalue weighted by Crippen LogP contribution is 2.18. The molecule has 0 radical (unpaired) electrons. The first-order valence-electron chi connectivity index (χ1n) is 5.92. The monoisotopic (exact) mass is 339 g/mol. The molecule has 0 aliphatic rings. The van der Waals surface area contributed by atoms with Crippen molar-refractivity contribution >= 4 is 34.0 Å². The predicted molar refractivity (Wildman–Crippen MR) is 83.0 cm³/mol. The molecule has 0 bridgehead atoms. The van der Waals surface area contributed by atoms with Crippen LogP contribution >= 0.6 is 12.4 Å². The van der Waals surface area contributed by atoms with E-state index < -0.39 is 15.8 Å². The molecule has 2 N–H and O–H groups in total. The molecule has 1 amide bonds. The third kappa shape index (κ3) is 6.28. The maximum absolute atomic E-state index is 13.5. The summed E-state index contributed by atoms with van der Waals surface area (Å²) in [6.45, 7) is 1.11. The summed E-state index contributed by atoms with van der Waals surface area (Å²) in [7, 11) is -0.216. The molecule has 120 valence electrons. The minimum Gasteiger partial charge on any atom is -0.340 e. The summed E-state index contributed by atoms with van der Waals surface area (Å²) in [5, 5.41) is 2.91. The zero-order valence-corrected chi connectivity index (χ0v) is 13.6. The van der Waals surface area contributed by atoms with Crippen LogP contribution in [0.1, 0.15) is 10.4 Å². The van der Waals surface area contributed by atoms with Crippen molar-refractivity contribution in [3.05, 3.63) is 29.6 Å². The minimum absolute atomic E-state index is 0. The van der Waals surface area contributed by atoms with Gasteiger partial charge in [0.25, 0.3) is 5.91 Å². The summed E-state index contributed by atoms with van der Waals surface area (Å²) in [6, 6.07) is 3.57. The molecule has 0 fully saturated rings. The maximum Gasteiger partial charge on any atom is 0.253 e. The molecule has 0 aliphatic carbocycles. The molecule has 0 atom stereocenters. The fourth-order valence-electron chi connectivity index (χ4n) is 1.54. The Balaban J connectivity index is 0.00000400. The Morgan fingerprint density at radius 2 is 2.00 bits per heavy atom. The van der Waals surface area contributed by atoms with Crippen molar-refractivity contribution in [3.63, 3.8) is 0 Å². The van der Waals surface area contributed by atoms with E-state index in [4.69, 9.17) is 0 Å². The number of sulfonamides is 1. The van der Waals surface area contributed by atoms with Gasteiger partial charge in [0.1, 0.15) is 5.82 Å². The molecule has 0 unspecified atom stereocenters. The van der Waals surface area contributed by atoms with E-state index in [0.29, 0.717) is 13.1 Å². The standard InChI is InChI=1S/C12H18FN3O3S.ClH/c1-14-6-7-16(2)12(17)9-4-5-10(13)11(8-9)15-20(3,18)19;/h4-5,8,14-15H,6-7H2,1-3H3;1H. The van der Waals surface area contributed by atoms with Crippen molar-refractivity contribution in [1.29, 1.82) is 0 Å². The minimum atomic E-state index is -3.60. The second-order valence-corrected chi connectivity index (χ2v) is 6.15. The SMILES string of the molecule is CNCCN(C)C(=O)c1ccc(F)c(NS(C)(=O)=O)c1.Cl. The van der Waals surface area contributed by atoms with E-state index >= 15 is 0 Å². The Kier molecular flexibility index (Phi) is 7.62. The molecular weight excluding hydrogens is 321 g/mol. The van der Waals surface area contributed by atoms with Gasteiger partial charge in [-0.15, -0.1) is 12.4 Å². The Morgan fingerprint density at radius 3 is 2.52 bits per heavy atom. The van der Waals surface area contributed by atoms with Gasteiger partial charge in [0.05, 0.1) is 11.9 Å². The van der Waals surface area contributed by atoms with Crippen LogP contribution in [0, 0.1) is 5.82 Å². The lowest BCUT2D eigenvalue weighted by Gasteiger charge is -2.17. The zero-order chi connectivity index (χ0) is 15.3. The van der Waals surface area contributed by atoms with E-state index in [2.05, 4.69) is 5.32 Å². The molecule has 1 aromatic rings. The summed E-state index contributed by atoms with van der Waals surface area (Å²) in [5.41, 5.74) is -0.0171. The number of amides is 1. The van der Waals surface area contributed by atoms with Gasteiger partial charge in [-0.1, -0.05) is 0 Å². The van der Waals surface area contributed by atoms with Crippen LogP contribution in [-0.2, 0) is 10.0 Å². The number of carbonyl (C=O) groups excluding carboxylic acids is 1. The number of nitrogens with one attached hydrogen (secondary N) is 2. The Bertz CT molecular complexity index is 595. The van der Waals surface area contributed by atoms with Gasteiger partial charge in [-0.25, -0.2) is 12.8 Å². The number of hydrogen-bond acceptors (Lipinski definition) is 4. The number of halogens is 2. The highest BCUT2D eigenvalue weighted by molar-refractivity contribution is 7.92. The second-order valence-electron chi connectivity index (χ2n) is 4.40. The summed E-state index contributed by atoms with van der Waals surface area (Å²) in [4.78, 5) is 13.5. The van der Waals surface area contributed by atoms with Gasteiger partial charge in [-0.3, -0.25) is 9.52 Å². The quantitative estimate of drug-likeness (QED) is 0.807. The Labute approximate surface area is 130 Å². The average molecular weight is 340 g/mol. The second kappa shape index (κ2) is 8.16. The number of rotatable bonds is 6. The van der Waals surface area contributed by atoms with Gasteiger partial charge in [0.2, 0.25) is 10.0 Å². The van der Waals surface area contributed by atoms with Gasteiger partial charge >= 0.3 is 0 Å². The molecular formula is C12H19ClFN3O3S. The summed E-state index contributed by atoms with van der Waals surface area (Å²) >= 11 is 0. The van der Waals surface area contributed by atoms with E-state index in [1.807, 2.05) is 4.72 Å². The first kappa shape index (κ1) is 19.6. The lowest BCUT2D eigenvalue weighted by Crippen LogP contribution is -2.32. The van der Waals surface area contributed by atoms with Crippen molar-refractivity contribution in [2.75, 3.05) is 38.2 Å². The van der Waals surface area contributed by atoms with Gasteiger partial charge in [0.15, 0.2) is 0 Å². The van der Waals surface area contributed by atoms with E-state index in [0.717, 1.165) is 12.3 Å². The molecule has 1 aromatic carbocycles. The van der Waals surface area contributed by atoms with Gasteiger partial charge in [-0.2, -0.15) is 0 Å². The van der Waals surface area contributed by atoms with Gasteiger partial charge < -0.3 is 10.2 Å². The number of benzene rings is 1. The first-order valence-corrected chi connectivity index (χ1v) is 7.81. The highest BCUT2D eigenvalue weighted by Gasteiger charge is 2.15. The number of nitrogens with zero attached hydrogens (tertiary/aromatic N) is 1. The van der Waals surface area contributed by atoms with Crippen LogP contribution < -0.4 is 10.0 Å². The molecule has 0 aromatic heterocycles. The lowest BCUT2D eigenvalue weighted by atomic mass is 10.1. The molecule has 0 saturated heterocycles. The fraction of sp³-hybridized carbons (Fsp3) is 0.417. The van der Waals surface area contributed by atoms with Crippen LogP contribution in [0.2, 0.25) is 0 Å². The van der Waals surface area contributed by atoms with Crippen LogP contribution in [0.15, 0.2) is 18.2 Å². The predicted octanol–water partition coefficient (Wildman–Crippen LogP) is 0.910. The zero-order valence-electron chi connectivity index (χ0n) is 12.0. The van der Waals surface area contributed by atoms with Crippen LogP contribution in [0.5, 0.6) is 0 Å². The Morgan fingerprint density at radius 1 is 1.38 bits per heavy atom. The molecule has 0 aliphatic heterocycles. The van der Waals surface area contributed by atoms with E-state index in [-0.39, 0.29) is 29.6 Å². The number of anilines is 1. The average Bonchev–Trinajstić information content (AvgIpc) is 2.36. The summed E-state index contributed by atoms with van der Waals surface area (Å²) < 4.78 is 37.8. The number of hydrogen-bond donors (Lipinski definition) is 2. The van der Waals surface area contributed by atoms with E-state index in [1.165, 1.54) is 17.0 Å². The fourth-order valence-corrected chi connectivity index (χ4v) is 2.09. The molecule has 1 rings (SSSR count). The highest BCUT2D eigenvalue weighted by atomic mass is 35.5. The van der Waals surface area contributed by atoms with Gasteiger partial charge in [-0.05, 0) is 25.2 Å². The van der Waals surface area contributed by atoms with Crippen molar-refractivity contribution in [2.45, 2.75) is 0 Å². The molecule has 6 nitrogen and oxygen atoms in total. The smallest absolute Gasteiger partial charge is 0.253 e. The largest absolute Gasteiger partial charge is 0.340 e. The van der Waals surface area contributed by atoms with E-state index in [9.17, 15) is 17.6 Å². The van der Waals surface area contributed by atoms with Crippen molar-refractivity contribution in [3.8, 4) is 0 Å². The maximum atomic E-state index is 13.5.